The van der Waals surface area contributed by atoms with Crippen molar-refractivity contribution in [1.82, 2.24) is 0 Å². The van der Waals surface area contributed by atoms with Gasteiger partial charge in [0.1, 0.15) is 5.75 Å². The van der Waals surface area contributed by atoms with E-state index >= 15 is 0 Å². The minimum atomic E-state index is -0.255. The Morgan fingerprint density at radius 1 is 1.03 bits per heavy atom. The number of thiocarbonyl (C=S) groups is 1. The normalized spacial score (nSPS) is 14.4. The highest BCUT2D eigenvalue weighted by atomic mass is 79.9. The molecule has 4 aromatic rings. The molecule has 1 fully saturated rings. The molecular formula is C30H23BrN2O3S2. The average Bonchev–Trinajstić information content (AvgIpc) is 3.18. The first kappa shape index (κ1) is 26.2. The van der Waals surface area contributed by atoms with E-state index in [4.69, 9.17) is 17.0 Å². The molecule has 0 aliphatic carbocycles. The molecule has 0 bridgehead atoms. The minimum Gasteiger partial charge on any atom is -0.484 e. The van der Waals surface area contributed by atoms with Crippen LogP contribution < -0.4 is 15.0 Å². The molecule has 0 saturated carbocycles. The topological polar surface area (TPSA) is 58.6 Å². The van der Waals surface area contributed by atoms with Crippen molar-refractivity contribution < 1.29 is 14.3 Å². The number of thioether (sulfide) groups is 1. The van der Waals surface area contributed by atoms with Crippen molar-refractivity contribution in [2.45, 2.75) is 13.8 Å². The second kappa shape index (κ2) is 11.1. The van der Waals surface area contributed by atoms with Gasteiger partial charge in [-0.1, -0.05) is 72.5 Å². The van der Waals surface area contributed by atoms with Crippen molar-refractivity contribution in [3.63, 3.8) is 0 Å². The fraction of sp³-hybridized carbons (Fsp3) is 0.100. The number of hydrogen-bond acceptors (Lipinski definition) is 5. The summed E-state index contributed by atoms with van der Waals surface area (Å²) in [6.45, 7) is 3.89. The lowest BCUT2D eigenvalue weighted by Gasteiger charge is -2.17. The number of benzene rings is 4. The van der Waals surface area contributed by atoms with E-state index in [2.05, 4.69) is 21.2 Å². The number of ether oxygens (including phenoxy) is 1. The Balaban J connectivity index is 1.24. The fourth-order valence-electron chi connectivity index (χ4n) is 4.10. The van der Waals surface area contributed by atoms with E-state index in [9.17, 15) is 9.59 Å². The van der Waals surface area contributed by atoms with Gasteiger partial charge < -0.3 is 10.1 Å². The van der Waals surface area contributed by atoms with Gasteiger partial charge in [0.2, 0.25) is 0 Å². The smallest absolute Gasteiger partial charge is 0.270 e. The number of anilines is 2. The number of nitrogens with one attached hydrogen (secondary N) is 1. The molecular weight excluding hydrogens is 580 g/mol. The van der Waals surface area contributed by atoms with Crippen LogP contribution in [0.25, 0.3) is 16.8 Å². The molecule has 1 aliphatic rings. The SMILES string of the molecule is Cc1cc(Br)c(NC(=O)COc2ccc(/C=C3\SC(=S)N(c4cccc5ccccc45)C3=O)cc2)cc1C. The Kier molecular flexibility index (Phi) is 7.65. The molecule has 190 valence electrons. The lowest BCUT2D eigenvalue weighted by Crippen LogP contribution is -2.27. The molecule has 0 atom stereocenters. The predicted octanol–water partition coefficient (Wildman–Crippen LogP) is 7.64. The number of rotatable bonds is 6. The van der Waals surface area contributed by atoms with E-state index in [0.29, 0.717) is 20.7 Å². The lowest BCUT2D eigenvalue weighted by atomic mass is 10.1. The Morgan fingerprint density at radius 3 is 2.53 bits per heavy atom. The van der Waals surface area contributed by atoms with Gasteiger partial charge in [-0.2, -0.15) is 0 Å². The van der Waals surface area contributed by atoms with Gasteiger partial charge in [-0.3, -0.25) is 14.5 Å². The van der Waals surface area contributed by atoms with Crippen molar-refractivity contribution in [2.75, 3.05) is 16.8 Å². The second-order valence-electron chi connectivity index (χ2n) is 8.84. The lowest BCUT2D eigenvalue weighted by molar-refractivity contribution is -0.118. The van der Waals surface area contributed by atoms with E-state index in [1.54, 1.807) is 17.0 Å². The van der Waals surface area contributed by atoms with Crippen molar-refractivity contribution in [3.05, 3.63) is 105 Å². The van der Waals surface area contributed by atoms with Crippen LogP contribution in [0.2, 0.25) is 0 Å². The summed E-state index contributed by atoms with van der Waals surface area (Å²) in [6.07, 6.45) is 1.82. The van der Waals surface area contributed by atoms with Gasteiger partial charge in [0.25, 0.3) is 11.8 Å². The molecule has 5 rings (SSSR count). The predicted molar refractivity (Wildman–Crippen MR) is 164 cm³/mol. The zero-order valence-electron chi connectivity index (χ0n) is 20.7. The van der Waals surface area contributed by atoms with Gasteiger partial charge in [-0.05, 0) is 88.3 Å². The summed E-state index contributed by atoms with van der Waals surface area (Å²) < 4.78 is 6.99. The first-order valence-electron chi connectivity index (χ1n) is 11.9. The fourth-order valence-corrected chi connectivity index (χ4v) is 5.94. The number of carbonyl (C=O) groups is 2. The number of aryl methyl sites for hydroxylation is 2. The summed E-state index contributed by atoms with van der Waals surface area (Å²) in [4.78, 5) is 27.8. The third-order valence-electron chi connectivity index (χ3n) is 6.21. The quantitative estimate of drug-likeness (QED) is 0.181. The average molecular weight is 604 g/mol. The van der Waals surface area contributed by atoms with Gasteiger partial charge in [-0.25, -0.2) is 0 Å². The summed E-state index contributed by atoms with van der Waals surface area (Å²) in [5.41, 5.74) is 4.55. The van der Waals surface area contributed by atoms with Crippen LogP contribution in [0, 0.1) is 13.8 Å². The van der Waals surface area contributed by atoms with Crippen molar-refractivity contribution >= 4 is 84.3 Å². The molecule has 1 aliphatic heterocycles. The highest BCUT2D eigenvalue weighted by molar-refractivity contribution is 9.10. The van der Waals surface area contributed by atoms with E-state index in [1.165, 1.54) is 11.8 Å². The number of hydrogen-bond donors (Lipinski definition) is 1. The molecule has 0 unspecified atom stereocenters. The molecule has 38 heavy (non-hydrogen) atoms. The Labute approximate surface area is 239 Å². The van der Waals surface area contributed by atoms with Crippen LogP contribution in [0.3, 0.4) is 0 Å². The first-order valence-corrected chi connectivity index (χ1v) is 13.9. The van der Waals surface area contributed by atoms with Gasteiger partial charge in [0.15, 0.2) is 10.9 Å². The molecule has 1 heterocycles. The maximum absolute atomic E-state index is 13.3. The maximum atomic E-state index is 13.3. The van der Waals surface area contributed by atoms with Crippen molar-refractivity contribution in [3.8, 4) is 5.75 Å². The molecule has 5 nitrogen and oxygen atoms in total. The summed E-state index contributed by atoms with van der Waals surface area (Å²) in [5, 5.41) is 4.89. The summed E-state index contributed by atoms with van der Waals surface area (Å²) in [5.74, 6) is 0.153. The zero-order valence-corrected chi connectivity index (χ0v) is 23.9. The van der Waals surface area contributed by atoms with E-state index in [0.717, 1.165) is 37.6 Å². The number of halogens is 1. The molecule has 2 amide bonds. The van der Waals surface area contributed by atoms with Crippen LogP contribution in [-0.2, 0) is 9.59 Å². The van der Waals surface area contributed by atoms with Crippen LogP contribution in [0.5, 0.6) is 5.75 Å². The van der Waals surface area contributed by atoms with Crippen LogP contribution in [0.15, 0.2) is 88.2 Å². The van der Waals surface area contributed by atoms with E-state index < -0.39 is 0 Å². The molecule has 1 N–H and O–H groups in total. The Morgan fingerprint density at radius 2 is 1.74 bits per heavy atom. The number of carbonyl (C=O) groups excluding carboxylic acids is 2. The van der Waals surface area contributed by atoms with Gasteiger partial charge in [-0.15, -0.1) is 0 Å². The van der Waals surface area contributed by atoms with Crippen LogP contribution in [-0.4, -0.2) is 22.7 Å². The number of amides is 2. The molecule has 0 spiro atoms. The summed E-state index contributed by atoms with van der Waals surface area (Å²) >= 11 is 10.3. The highest BCUT2D eigenvalue weighted by Crippen LogP contribution is 2.39. The number of nitrogens with zero attached hydrogens (tertiary/aromatic N) is 1. The molecule has 4 aromatic carbocycles. The van der Waals surface area contributed by atoms with Crippen LogP contribution in [0.1, 0.15) is 16.7 Å². The van der Waals surface area contributed by atoms with Gasteiger partial charge in [0.05, 0.1) is 16.3 Å². The Hall–Kier alpha value is -3.46. The third kappa shape index (κ3) is 5.53. The van der Waals surface area contributed by atoms with Gasteiger partial charge in [0, 0.05) is 9.86 Å². The van der Waals surface area contributed by atoms with Gasteiger partial charge >= 0.3 is 0 Å². The van der Waals surface area contributed by atoms with Crippen LogP contribution in [0.4, 0.5) is 11.4 Å². The zero-order chi connectivity index (χ0) is 26.8. The van der Waals surface area contributed by atoms with Crippen molar-refractivity contribution in [2.24, 2.45) is 0 Å². The molecule has 0 radical (unpaired) electrons. The second-order valence-corrected chi connectivity index (χ2v) is 11.4. The standard InChI is InChI=1S/C30H23BrN2O3S2/c1-18-14-24(31)25(15-19(18)2)32-28(34)17-36-22-12-10-20(11-13-22)16-27-29(35)33(30(37)38-27)26-9-5-7-21-6-3-4-8-23(21)26/h3-16H,17H2,1-2H3,(H,32,34)/b27-16-. The minimum absolute atomic E-state index is 0.123. The highest BCUT2D eigenvalue weighted by Gasteiger charge is 2.34. The summed E-state index contributed by atoms with van der Waals surface area (Å²) in [7, 11) is 0. The first-order chi connectivity index (χ1) is 18.3. The van der Waals surface area contributed by atoms with E-state index in [1.807, 2.05) is 86.7 Å². The maximum Gasteiger partial charge on any atom is 0.270 e. The summed E-state index contributed by atoms with van der Waals surface area (Å²) in [6, 6.07) is 24.9. The molecule has 8 heteroatoms. The Bertz CT molecular complexity index is 1610. The molecule has 1 saturated heterocycles. The largest absolute Gasteiger partial charge is 0.484 e. The van der Waals surface area contributed by atoms with E-state index in [-0.39, 0.29) is 18.4 Å². The van der Waals surface area contributed by atoms with Crippen LogP contribution >= 0.6 is 39.9 Å². The third-order valence-corrected chi connectivity index (χ3v) is 8.16. The monoisotopic (exact) mass is 602 g/mol. The van der Waals surface area contributed by atoms with Crippen molar-refractivity contribution in [1.29, 1.82) is 0 Å². The number of fused-ring (bicyclic) bond motifs is 1. The molecule has 0 aromatic heterocycles.